The van der Waals surface area contributed by atoms with E-state index in [1.807, 2.05) is 0 Å². The van der Waals surface area contributed by atoms with E-state index in [9.17, 15) is 22.4 Å². The predicted octanol–water partition coefficient (Wildman–Crippen LogP) is 1.60. The standard InChI is InChI=1S/C4H2F4O/c5-3(9)1-2-4(6,7)8/h1-2H. The van der Waals surface area contributed by atoms with Crippen molar-refractivity contribution in [3.05, 3.63) is 12.2 Å². The van der Waals surface area contributed by atoms with Gasteiger partial charge in [-0.3, -0.25) is 4.79 Å². The SMILES string of the molecule is O=C(F)C=CC(F)(F)F. The Morgan fingerprint density at radius 1 is 1.33 bits per heavy atom. The second-order valence-corrected chi connectivity index (χ2v) is 1.18. The van der Waals surface area contributed by atoms with E-state index in [4.69, 9.17) is 0 Å². The maximum absolute atomic E-state index is 11.0. The van der Waals surface area contributed by atoms with Crippen molar-refractivity contribution in [1.29, 1.82) is 0 Å². The molecule has 0 atom stereocenters. The van der Waals surface area contributed by atoms with Gasteiger partial charge in [-0.1, -0.05) is 0 Å². The maximum atomic E-state index is 11.0. The first-order chi connectivity index (χ1) is 3.92. The lowest BCUT2D eigenvalue weighted by Gasteiger charge is -1.93. The minimum atomic E-state index is -4.61. The molecule has 0 aliphatic carbocycles. The molecule has 1 nitrogen and oxygen atoms in total. The largest absolute Gasteiger partial charge is 0.409 e. The van der Waals surface area contributed by atoms with E-state index in [-0.39, 0.29) is 6.08 Å². The van der Waals surface area contributed by atoms with Crippen LogP contribution in [-0.2, 0) is 4.79 Å². The number of rotatable bonds is 1. The van der Waals surface area contributed by atoms with Gasteiger partial charge in [0.25, 0.3) is 0 Å². The van der Waals surface area contributed by atoms with Crippen LogP contribution in [0, 0.1) is 0 Å². The second-order valence-electron chi connectivity index (χ2n) is 1.18. The van der Waals surface area contributed by atoms with Crippen LogP contribution in [0.3, 0.4) is 0 Å². The van der Waals surface area contributed by atoms with Crippen LogP contribution in [0.2, 0.25) is 0 Å². The highest BCUT2D eigenvalue weighted by atomic mass is 19.4. The molecule has 5 heteroatoms. The molecule has 0 radical (unpaired) electrons. The number of hydrogen-bond donors (Lipinski definition) is 0. The molecule has 0 unspecified atom stereocenters. The first-order valence-electron chi connectivity index (χ1n) is 1.87. The molecule has 0 bridgehead atoms. The zero-order valence-corrected chi connectivity index (χ0v) is 4.07. The average molecular weight is 142 g/mol. The van der Waals surface area contributed by atoms with Crippen molar-refractivity contribution in [3.63, 3.8) is 0 Å². The van der Waals surface area contributed by atoms with Gasteiger partial charge >= 0.3 is 12.2 Å². The van der Waals surface area contributed by atoms with Crippen molar-refractivity contribution in [2.45, 2.75) is 6.18 Å². The van der Waals surface area contributed by atoms with Crippen molar-refractivity contribution in [2.75, 3.05) is 0 Å². The van der Waals surface area contributed by atoms with Crippen molar-refractivity contribution in [1.82, 2.24) is 0 Å². The third-order valence-electron chi connectivity index (χ3n) is 0.403. The van der Waals surface area contributed by atoms with Gasteiger partial charge in [-0.2, -0.15) is 17.6 Å². The highest BCUT2D eigenvalue weighted by molar-refractivity contribution is 5.80. The summed E-state index contributed by atoms with van der Waals surface area (Å²) in [6.07, 6.45) is -5.25. The maximum Gasteiger partial charge on any atom is 0.409 e. The van der Waals surface area contributed by atoms with Crippen molar-refractivity contribution < 1.29 is 22.4 Å². The van der Waals surface area contributed by atoms with Crippen LogP contribution < -0.4 is 0 Å². The van der Waals surface area contributed by atoms with Gasteiger partial charge in [-0.25, -0.2) is 0 Å². The Morgan fingerprint density at radius 3 is 1.89 bits per heavy atom. The summed E-state index contributed by atoms with van der Waals surface area (Å²) in [6.45, 7) is 0. The summed E-state index contributed by atoms with van der Waals surface area (Å²) in [7, 11) is 0. The second kappa shape index (κ2) is 2.61. The molecule has 0 rings (SSSR count). The zero-order valence-electron chi connectivity index (χ0n) is 4.07. The fourth-order valence-electron chi connectivity index (χ4n) is 0.160. The minimum absolute atomic E-state index is 0.181. The number of hydrogen-bond acceptors (Lipinski definition) is 1. The predicted molar refractivity (Wildman–Crippen MR) is 21.3 cm³/mol. The summed E-state index contributed by atoms with van der Waals surface area (Å²) in [5, 5.41) is 0. The summed E-state index contributed by atoms with van der Waals surface area (Å²) < 4.78 is 44.0. The number of alkyl halides is 3. The number of halogens is 4. The molecule has 9 heavy (non-hydrogen) atoms. The van der Waals surface area contributed by atoms with E-state index >= 15 is 0 Å². The molecule has 0 N–H and O–H groups in total. The summed E-state index contributed by atoms with van der Waals surface area (Å²) in [6, 6.07) is -2.10. The van der Waals surface area contributed by atoms with Crippen LogP contribution in [0.5, 0.6) is 0 Å². The molecule has 0 heterocycles. The molecule has 0 saturated carbocycles. The molecule has 0 aromatic rings. The van der Waals surface area contributed by atoms with Crippen LogP contribution in [0.1, 0.15) is 0 Å². The first kappa shape index (κ1) is 8.13. The van der Waals surface area contributed by atoms with Crippen LogP contribution >= 0.6 is 0 Å². The van der Waals surface area contributed by atoms with Crippen LogP contribution in [0.25, 0.3) is 0 Å². The van der Waals surface area contributed by atoms with Crippen molar-refractivity contribution in [2.24, 2.45) is 0 Å². The van der Waals surface area contributed by atoms with Gasteiger partial charge in [0.15, 0.2) is 0 Å². The van der Waals surface area contributed by atoms with Crippen molar-refractivity contribution >= 4 is 6.04 Å². The lowest BCUT2D eigenvalue weighted by Crippen LogP contribution is -2.01. The van der Waals surface area contributed by atoms with Gasteiger partial charge in [-0.05, 0) is 0 Å². The fraction of sp³-hybridized carbons (Fsp3) is 0.250. The molecular formula is C4H2F4O. The number of carbonyl (C=O) groups is 1. The monoisotopic (exact) mass is 142 g/mol. The van der Waals surface area contributed by atoms with Crippen molar-refractivity contribution in [3.8, 4) is 0 Å². The molecule has 0 aromatic carbocycles. The van der Waals surface area contributed by atoms with E-state index < -0.39 is 18.3 Å². The lowest BCUT2D eigenvalue weighted by molar-refractivity contribution is -0.124. The third kappa shape index (κ3) is 7.13. The molecule has 0 aromatic heterocycles. The minimum Gasteiger partial charge on any atom is -0.256 e. The molecule has 0 saturated heterocycles. The Labute approximate surface area is 48.0 Å². The number of carbonyl (C=O) groups excluding carboxylic acids is 1. The summed E-state index contributed by atoms with van der Waals surface area (Å²) >= 11 is 0. The topological polar surface area (TPSA) is 17.1 Å². The van der Waals surface area contributed by atoms with Gasteiger partial charge in [-0.15, -0.1) is 0 Å². The third-order valence-corrected chi connectivity index (χ3v) is 0.403. The van der Waals surface area contributed by atoms with E-state index in [2.05, 4.69) is 0 Å². The van der Waals surface area contributed by atoms with Gasteiger partial charge in [0.2, 0.25) is 0 Å². The normalized spacial score (nSPS) is 12.4. The Hall–Kier alpha value is -0.870. The van der Waals surface area contributed by atoms with Gasteiger partial charge in [0, 0.05) is 12.2 Å². The first-order valence-corrected chi connectivity index (χ1v) is 1.87. The van der Waals surface area contributed by atoms with Gasteiger partial charge in [0.1, 0.15) is 0 Å². The zero-order chi connectivity index (χ0) is 7.49. The Morgan fingerprint density at radius 2 is 1.78 bits per heavy atom. The molecule has 0 aliphatic rings. The molecule has 0 amide bonds. The quantitative estimate of drug-likeness (QED) is 0.308. The lowest BCUT2D eigenvalue weighted by atomic mass is 10.5. The highest BCUT2D eigenvalue weighted by Gasteiger charge is 2.22. The van der Waals surface area contributed by atoms with Gasteiger partial charge < -0.3 is 0 Å². The molecule has 0 fully saturated rings. The number of allylic oxidation sites excluding steroid dienone is 2. The summed E-state index contributed by atoms with van der Waals surface area (Å²) in [4.78, 5) is 9.24. The van der Waals surface area contributed by atoms with E-state index in [0.29, 0.717) is 0 Å². The Bertz CT molecular complexity index is 134. The smallest absolute Gasteiger partial charge is 0.256 e. The Balaban J connectivity index is 3.86. The molecule has 0 spiro atoms. The highest BCUT2D eigenvalue weighted by Crippen LogP contribution is 2.15. The fourth-order valence-corrected chi connectivity index (χ4v) is 0.160. The molecular weight excluding hydrogens is 140 g/mol. The summed E-state index contributed by atoms with van der Waals surface area (Å²) in [5.74, 6) is 0. The Kier molecular flexibility index (Phi) is 2.36. The molecule has 0 aliphatic heterocycles. The summed E-state index contributed by atoms with van der Waals surface area (Å²) in [5.41, 5.74) is 0. The van der Waals surface area contributed by atoms with E-state index in [1.165, 1.54) is 0 Å². The van der Waals surface area contributed by atoms with E-state index in [1.54, 1.807) is 0 Å². The molecule has 52 valence electrons. The van der Waals surface area contributed by atoms with Crippen LogP contribution in [0.4, 0.5) is 17.6 Å². The average Bonchev–Trinajstić information content (AvgIpc) is 1.59. The van der Waals surface area contributed by atoms with E-state index in [0.717, 1.165) is 0 Å². The van der Waals surface area contributed by atoms with Gasteiger partial charge in [0.05, 0.1) is 0 Å². The van der Waals surface area contributed by atoms with Crippen LogP contribution in [0.15, 0.2) is 12.2 Å². The van der Waals surface area contributed by atoms with Crippen LogP contribution in [-0.4, -0.2) is 12.2 Å².